The minimum atomic E-state index is -4.53. The molecule has 0 radical (unpaired) electrons. The van der Waals surface area contributed by atoms with Crippen LogP contribution in [-0.2, 0) is 18.8 Å². The van der Waals surface area contributed by atoms with Gasteiger partial charge in [0.15, 0.2) is 5.65 Å². The fraction of sp³-hybridized carbons (Fsp3) is 0.462. The molecule has 0 amide bonds. The molecule has 11 heteroatoms. The van der Waals surface area contributed by atoms with E-state index in [0.717, 1.165) is 22.2 Å². The van der Waals surface area contributed by atoms with Gasteiger partial charge in [0.05, 0.1) is 16.8 Å². The minimum Gasteiger partial charge on any atom is -0.256 e. The number of alkyl halides is 6. The maximum atomic E-state index is 12.4. The van der Waals surface area contributed by atoms with Crippen molar-refractivity contribution in [1.82, 2.24) is 24.8 Å². The lowest BCUT2D eigenvalue weighted by Crippen LogP contribution is -2.13. The first-order valence-corrected chi connectivity index (χ1v) is 12.1. The van der Waals surface area contributed by atoms with Crippen molar-refractivity contribution in [3.8, 4) is 0 Å². The molecule has 0 N–H and O–H groups in total. The zero-order chi connectivity index (χ0) is 28.8. The zero-order valence-electron chi connectivity index (χ0n) is 22.5. The predicted molar refractivity (Wildman–Crippen MR) is 135 cm³/mol. The van der Waals surface area contributed by atoms with Gasteiger partial charge in [-0.15, -0.1) is 10.2 Å². The molecule has 0 aliphatic carbocycles. The third-order valence-corrected chi connectivity index (χ3v) is 4.22. The molecular formula is C26H35F6N5. The summed E-state index contributed by atoms with van der Waals surface area (Å²) in [6.07, 6.45) is -5.43. The van der Waals surface area contributed by atoms with E-state index in [9.17, 15) is 26.3 Å². The fourth-order valence-corrected chi connectivity index (χ4v) is 2.65. The van der Waals surface area contributed by atoms with Gasteiger partial charge >= 0.3 is 12.4 Å². The highest BCUT2D eigenvalue weighted by Crippen LogP contribution is 2.31. The molecule has 0 aliphatic heterocycles. The van der Waals surface area contributed by atoms with E-state index < -0.39 is 23.7 Å². The van der Waals surface area contributed by atoms with Gasteiger partial charge in [-0.1, -0.05) is 54.9 Å². The first kappa shape index (κ1) is 33.8. The van der Waals surface area contributed by atoms with Crippen molar-refractivity contribution in [2.45, 2.75) is 80.6 Å². The number of pyridine rings is 1. The molecule has 0 atom stereocenters. The van der Waals surface area contributed by atoms with Crippen molar-refractivity contribution >= 4 is 16.6 Å². The summed E-state index contributed by atoms with van der Waals surface area (Å²) < 4.78 is 75.3. The lowest BCUT2D eigenvalue weighted by atomic mass is 10.1. The van der Waals surface area contributed by atoms with Gasteiger partial charge in [0.1, 0.15) is 0 Å². The summed E-state index contributed by atoms with van der Waals surface area (Å²) >= 11 is 0. The summed E-state index contributed by atoms with van der Waals surface area (Å²) in [7, 11) is 0. The van der Waals surface area contributed by atoms with E-state index in [1.54, 1.807) is 25.3 Å². The molecule has 0 saturated carbocycles. The topological polar surface area (TPSA) is 56.0 Å². The molecule has 37 heavy (non-hydrogen) atoms. The van der Waals surface area contributed by atoms with Crippen molar-refractivity contribution < 1.29 is 26.3 Å². The molecule has 0 unspecified atom stereocenters. The van der Waals surface area contributed by atoms with Crippen LogP contribution in [-0.4, -0.2) is 24.8 Å². The maximum absolute atomic E-state index is 12.4. The monoisotopic (exact) mass is 531 g/mol. The average Bonchev–Trinajstić information content (AvgIpc) is 3.31. The van der Waals surface area contributed by atoms with Gasteiger partial charge in [0, 0.05) is 11.6 Å². The Morgan fingerprint density at radius 3 is 1.89 bits per heavy atom. The van der Waals surface area contributed by atoms with Crippen molar-refractivity contribution in [3.63, 3.8) is 0 Å². The molecule has 206 valence electrons. The highest BCUT2D eigenvalue weighted by Gasteiger charge is 2.37. The smallest absolute Gasteiger partial charge is 0.256 e. The molecule has 0 bridgehead atoms. The molecule has 0 spiro atoms. The maximum Gasteiger partial charge on any atom is 0.453 e. The van der Waals surface area contributed by atoms with E-state index in [1.807, 2.05) is 34.6 Å². The van der Waals surface area contributed by atoms with Crippen LogP contribution >= 0.6 is 0 Å². The number of hydrogen-bond donors (Lipinski definition) is 0. The number of aryl methyl sites for hydroxylation is 2. The Bertz CT molecular complexity index is 1200. The van der Waals surface area contributed by atoms with Crippen molar-refractivity contribution in [1.29, 1.82) is 0 Å². The Labute approximate surface area is 213 Å². The standard InChI is InChI=1S/C11H8F3N.C8H7F3N4.C3H8.2C2H6/c1-7-4-5-15-10-3-2-8(6-9(7)10)11(12,13)14;1-2-5-3-4-6-12-13-7(8(9,10)11)15(6)14-5;1-3-2;2*1-2/h2-6H,1H3;3-4H,2H2,1H3;3H2,1-2H3;2*1-2H3. The third-order valence-electron chi connectivity index (χ3n) is 4.22. The molecule has 0 fully saturated rings. The van der Waals surface area contributed by atoms with Gasteiger partial charge in [0.2, 0.25) is 0 Å². The van der Waals surface area contributed by atoms with Crippen LogP contribution in [0.5, 0.6) is 0 Å². The van der Waals surface area contributed by atoms with Crippen LogP contribution in [0, 0.1) is 6.92 Å². The summed E-state index contributed by atoms with van der Waals surface area (Å²) in [4.78, 5) is 4.00. The highest BCUT2D eigenvalue weighted by molar-refractivity contribution is 5.82. The zero-order valence-corrected chi connectivity index (χ0v) is 22.5. The highest BCUT2D eigenvalue weighted by atomic mass is 19.4. The SMILES string of the molecule is CC.CC.CCC.CCc1ccc2nnc(C(F)(F)F)n2n1.Cc1ccnc2ccc(C(F)(F)F)cc12. The largest absolute Gasteiger partial charge is 0.453 e. The summed E-state index contributed by atoms with van der Waals surface area (Å²) in [6, 6.07) is 8.37. The van der Waals surface area contributed by atoms with Gasteiger partial charge in [-0.3, -0.25) is 4.98 Å². The van der Waals surface area contributed by atoms with Crippen LogP contribution in [0.1, 0.15) is 77.5 Å². The number of nitrogens with zero attached hydrogens (tertiary/aromatic N) is 5. The van der Waals surface area contributed by atoms with E-state index in [1.165, 1.54) is 18.6 Å². The van der Waals surface area contributed by atoms with Crippen molar-refractivity contribution in [2.24, 2.45) is 0 Å². The second kappa shape index (κ2) is 15.8. The van der Waals surface area contributed by atoms with Gasteiger partial charge in [-0.25, -0.2) is 0 Å². The lowest BCUT2D eigenvalue weighted by Gasteiger charge is -2.08. The van der Waals surface area contributed by atoms with Crippen molar-refractivity contribution in [3.05, 3.63) is 65.2 Å². The minimum absolute atomic E-state index is 0.0968. The first-order chi connectivity index (χ1) is 17.4. The normalized spacial score (nSPS) is 10.6. The second-order valence-corrected chi connectivity index (χ2v) is 7.03. The van der Waals surface area contributed by atoms with Gasteiger partial charge < -0.3 is 0 Å². The number of rotatable bonds is 1. The molecule has 5 nitrogen and oxygen atoms in total. The predicted octanol–water partition coefficient (Wildman–Crippen LogP) is 8.74. The van der Waals surface area contributed by atoms with Gasteiger partial charge in [-0.05, 0) is 55.3 Å². The van der Waals surface area contributed by atoms with E-state index >= 15 is 0 Å². The molecule has 3 aromatic heterocycles. The number of aromatic nitrogens is 5. The van der Waals surface area contributed by atoms with Crippen LogP contribution in [0.4, 0.5) is 26.3 Å². The quantitative estimate of drug-likeness (QED) is 0.231. The summed E-state index contributed by atoms with van der Waals surface area (Å²) in [6.45, 7) is 15.8. The van der Waals surface area contributed by atoms with Gasteiger partial charge in [-0.2, -0.15) is 36.0 Å². The molecule has 4 aromatic rings. The molecule has 1 aromatic carbocycles. The van der Waals surface area contributed by atoms with Crippen LogP contribution < -0.4 is 0 Å². The molecule has 4 rings (SSSR count). The van der Waals surface area contributed by atoms with Crippen LogP contribution in [0.15, 0.2) is 42.6 Å². The number of benzene rings is 1. The summed E-state index contributed by atoms with van der Waals surface area (Å²) in [5.74, 6) is -1.09. The Morgan fingerprint density at radius 2 is 1.38 bits per heavy atom. The Kier molecular flexibility index (Phi) is 14.4. The third kappa shape index (κ3) is 9.97. The molecular weight excluding hydrogens is 496 g/mol. The number of fused-ring (bicyclic) bond motifs is 2. The number of hydrogen-bond acceptors (Lipinski definition) is 4. The molecule has 0 saturated heterocycles. The Morgan fingerprint density at radius 1 is 0.784 bits per heavy atom. The van der Waals surface area contributed by atoms with Crippen LogP contribution in [0.25, 0.3) is 16.6 Å². The van der Waals surface area contributed by atoms with Crippen LogP contribution in [0.3, 0.4) is 0 Å². The summed E-state index contributed by atoms with van der Waals surface area (Å²) in [5, 5.41) is 10.8. The van der Waals surface area contributed by atoms with E-state index in [0.29, 0.717) is 23.0 Å². The summed E-state index contributed by atoms with van der Waals surface area (Å²) in [5.41, 5.74) is 1.41. The molecule has 3 heterocycles. The van der Waals surface area contributed by atoms with E-state index in [-0.39, 0.29) is 5.65 Å². The Hall–Kier alpha value is -3.24. The number of halogens is 6. The first-order valence-electron chi connectivity index (χ1n) is 12.1. The van der Waals surface area contributed by atoms with Crippen molar-refractivity contribution in [2.75, 3.05) is 0 Å². The molecule has 0 aliphatic rings. The Balaban J connectivity index is 0.000000565. The van der Waals surface area contributed by atoms with Crippen LogP contribution in [0.2, 0.25) is 0 Å². The van der Waals surface area contributed by atoms with E-state index in [2.05, 4.69) is 34.1 Å². The average molecular weight is 532 g/mol. The second-order valence-electron chi connectivity index (χ2n) is 7.03. The van der Waals surface area contributed by atoms with E-state index in [4.69, 9.17) is 0 Å². The van der Waals surface area contributed by atoms with Gasteiger partial charge in [0.25, 0.3) is 5.82 Å². The lowest BCUT2D eigenvalue weighted by molar-refractivity contribution is -0.146. The fourth-order valence-electron chi connectivity index (χ4n) is 2.65.